The average Bonchev–Trinajstić information content (AvgIpc) is 2.89. The van der Waals surface area contributed by atoms with Gasteiger partial charge < -0.3 is 24.6 Å². The fourth-order valence-electron chi connectivity index (χ4n) is 4.40. The van der Waals surface area contributed by atoms with Crippen LogP contribution >= 0.6 is 0 Å². The standard InChI is InChI=1S/C27H37N3O4/c1-4-29-14-8-9-16-30(27(32)22-17-23(33-2)19-24(18-22)34-3)25(21-11-6-5-7-12-21)20-26(31)28-13-10-15-29/h5-7,11-12,17-19,25H,4,8-10,13-16,20H2,1-3H3,(H,28,31). The minimum Gasteiger partial charge on any atom is -0.497 e. The molecule has 7 nitrogen and oxygen atoms in total. The second-order valence-corrected chi connectivity index (χ2v) is 8.58. The second-order valence-electron chi connectivity index (χ2n) is 8.58. The molecule has 34 heavy (non-hydrogen) atoms. The highest BCUT2D eigenvalue weighted by atomic mass is 16.5. The van der Waals surface area contributed by atoms with Gasteiger partial charge in [0.1, 0.15) is 11.5 Å². The van der Waals surface area contributed by atoms with Gasteiger partial charge in [0.05, 0.1) is 26.7 Å². The minimum absolute atomic E-state index is 0.0443. The molecule has 3 rings (SSSR count). The molecule has 1 saturated heterocycles. The van der Waals surface area contributed by atoms with Crippen LogP contribution in [0, 0.1) is 0 Å². The SMILES string of the molecule is CCN1CCCCN(C(=O)c2cc(OC)cc(OC)c2)C(c2ccccc2)CC(=O)NCCC1. The van der Waals surface area contributed by atoms with Crippen LogP contribution in [0.15, 0.2) is 48.5 Å². The average molecular weight is 468 g/mol. The van der Waals surface area contributed by atoms with Crippen LogP contribution in [-0.2, 0) is 4.79 Å². The first kappa shape index (κ1) is 25.6. The number of nitrogens with zero attached hydrogens (tertiary/aromatic N) is 2. The zero-order chi connectivity index (χ0) is 24.3. The Morgan fingerprint density at radius 3 is 2.26 bits per heavy atom. The van der Waals surface area contributed by atoms with Crippen molar-refractivity contribution in [2.75, 3.05) is 46.9 Å². The lowest BCUT2D eigenvalue weighted by Gasteiger charge is -2.32. The number of benzene rings is 2. The number of nitrogens with one attached hydrogen (secondary N) is 1. The molecule has 0 spiro atoms. The number of carbonyl (C=O) groups excluding carboxylic acids is 2. The van der Waals surface area contributed by atoms with E-state index in [1.54, 1.807) is 32.4 Å². The first-order chi connectivity index (χ1) is 16.5. The second kappa shape index (κ2) is 13.0. The first-order valence-corrected chi connectivity index (χ1v) is 12.1. The van der Waals surface area contributed by atoms with Gasteiger partial charge in [0.25, 0.3) is 5.91 Å². The predicted octanol–water partition coefficient (Wildman–Crippen LogP) is 3.90. The summed E-state index contributed by atoms with van der Waals surface area (Å²) in [7, 11) is 3.14. The highest BCUT2D eigenvalue weighted by Crippen LogP contribution is 2.30. The number of hydrogen-bond acceptors (Lipinski definition) is 5. The Bertz CT molecular complexity index is 912. The molecule has 0 saturated carbocycles. The van der Waals surface area contributed by atoms with Gasteiger partial charge in [-0.25, -0.2) is 0 Å². The molecular weight excluding hydrogens is 430 g/mol. The summed E-state index contributed by atoms with van der Waals surface area (Å²) in [5.41, 5.74) is 1.43. The Balaban J connectivity index is 1.97. The van der Waals surface area contributed by atoms with Crippen molar-refractivity contribution in [1.82, 2.24) is 15.1 Å². The van der Waals surface area contributed by atoms with Crippen LogP contribution in [0.1, 0.15) is 54.6 Å². The Morgan fingerprint density at radius 2 is 1.62 bits per heavy atom. The Morgan fingerprint density at radius 1 is 0.971 bits per heavy atom. The largest absolute Gasteiger partial charge is 0.497 e. The van der Waals surface area contributed by atoms with Crippen molar-refractivity contribution in [3.8, 4) is 11.5 Å². The van der Waals surface area contributed by atoms with Crippen LogP contribution in [0.2, 0.25) is 0 Å². The summed E-state index contributed by atoms with van der Waals surface area (Å²) in [5, 5.41) is 3.06. The topological polar surface area (TPSA) is 71.1 Å². The highest BCUT2D eigenvalue weighted by molar-refractivity contribution is 5.95. The Hall–Kier alpha value is -3.06. The number of methoxy groups -OCH3 is 2. The molecule has 1 N–H and O–H groups in total. The molecule has 1 heterocycles. The van der Waals surface area contributed by atoms with E-state index in [1.165, 1.54) is 0 Å². The molecule has 0 bridgehead atoms. The number of carbonyl (C=O) groups is 2. The Labute approximate surface area is 203 Å². The molecule has 2 aromatic rings. The molecular formula is C27H37N3O4. The molecule has 1 atom stereocenters. The minimum atomic E-state index is -0.367. The predicted molar refractivity (Wildman–Crippen MR) is 133 cm³/mol. The van der Waals surface area contributed by atoms with Crippen molar-refractivity contribution in [1.29, 1.82) is 0 Å². The lowest BCUT2D eigenvalue weighted by molar-refractivity contribution is -0.122. The fourth-order valence-corrected chi connectivity index (χ4v) is 4.40. The third-order valence-corrected chi connectivity index (χ3v) is 6.34. The quantitative estimate of drug-likeness (QED) is 0.722. The van der Waals surface area contributed by atoms with Crippen molar-refractivity contribution < 1.29 is 19.1 Å². The summed E-state index contributed by atoms with van der Waals surface area (Å²) in [6, 6.07) is 14.7. The van der Waals surface area contributed by atoms with Crippen LogP contribution in [0.25, 0.3) is 0 Å². The van der Waals surface area contributed by atoms with Gasteiger partial charge >= 0.3 is 0 Å². The van der Waals surface area contributed by atoms with Gasteiger partial charge in [-0.1, -0.05) is 37.3 Å². The normalized spacial score (nSPS) is 18.7. The van der Waals surface area contributed by atoms with Gasteiger partial charge in [0.15, 0.2) is 0 Å². The molecule has 1 fully saturated rings. The van der Waals surface area contributed by atoms with Crippen LogP contribution in [0.5, 0.6) is 11.5 Å². The summed E-state index contributed by atoms with van der Waals surface area (Å²) < 4.78 is 10.8. The van der Waals surface area contributed by atoms with Gasteiger partial charge in [-0.3, -0.25) is 9.59 Å². The number of hydrogen-bond donors (Lipinski definition) is 1. The third kappa shape index (κ3) is 6.97. The van der Waals surface area contributed by atoms with E-state index in [0.29, 0.717) is 30.2 Å². The highest BCUT2D eigenvalue weighted by Gasteiger charge is 2.29. The van der Waals surface area contributed by atoms with Crippen molar-refractivity contribution >= 4 is 11.8 Å². The summed E-state index contributed by atoms with van der Waals surface area (Å²) in [6.45, 7) is 6.28. The van der Waals surface area contributed by atoms with Gasteiger partial charge in [-0.15, -0.1) is 0 Å². The zero-order valence-electron chi connectivity index (χ0n) is 20.6. The molecule has 0 aliphatic carbocycles. The van der Waals surface area contributed by atoms with Gasteiger partial charge in [0.2, 0.25) is 5.91 Å². The smallest absolute Gasteiger partial charge is 0.254 e. The first-order valence-electron chi connectivity index (χ1n) is 12.1. The van der Waals surface area contributed by atoms with E-state index in [1.807, 2.05) is 35.2 Å². The summed E-state index contributed by atoms with van der Waals surface area (Å²) in [5.74, 6) is 0.931. The number of rotatable bonds is 5. The van der Waals surface area contributed by atoms with Gasteiger partial charge in [-0.2, -0.15) is 0 Å². The lowest BCUT2D eigenvalue weighted by Crippen LogP contribution is -2.39. The molecule has 0 radical (unpaired) electrons. The van der Waals surface area contributed by atoms with E-state index in [9.17, 15) is 9.59 Å². The van der Waals surface area contributed by atoms with Crippen molar-refractivity contribution in [2.45, 2.75) is 38.6 Å². The summed E-state index contributed by atoms with van der Waals surface area (Å²) >= 11 is 0. The number of amides is 2. The zero-order valence-corrected chi connectivity index (χ0v) is 20.6. The molecule has 2 aromatic carbocycles. The summed E-state index contributed by atoms with van der Waals surface area (Å²) in [4.78, 5) is 31.1. The lowest BCUT2D eigenvalue weighted by atomic mass is 9.99. The summed E-state index contributed by atoms with van der Waals surface area (Å²) in [6.07, 6.45) is 2.98. The third-order valence-electron chi connectivity index (χ3n) is 6.34. The maximum atomic E-state index is 13.9. The van der Waals surface area contributed by atoms with Crippen molar-refractivity contribution in [3.05, 3.63) is 59.7 Å². The van der Waals surface area contributed by atoms with E-state index in [2.05, 4.69) is 17.1 Å². The van der Waals surface area contributed by atoms with Crippen LogP contribution in [0.3, 0.4) is 0 Å². The van der Waals surface area contributed by atoms with E-state index in [4.69, 9.17) is 9.47 Å². The van der Waals surface area contributed by atoms with Gasteiger partial charge in [-0.05, 0) is 56.6 Å². The molecule has 2 amide bonds. The van der Waals surface area contributed by atoms with Crippen molar-refractivity contribution in [3.63, 3.8) is 0 Å². The van der Waals surface area contributed by atoms with E-state index in [-0.39, 0.29) is 24.3 Å². The fraction of sp³-hybridized carbons (Fsp3) is 0.481. The maximum Gasteiger partial charge on any atom is 0.254 e. The molecule has 184 valence electrons. The molecule has 0 aromatic heterocycles. The van der Waals surface area contributed by atoms with Crippen LogP contribution in [0.4, 0.5) is 0 Å². The monoisotopic (exact) mass is 467 g/mol. The van der Waals surface area contributed by atoms with Crippen molar-refractivity contribution in [2.24, 2.45) is 0 Å². The Kier molecular flexibility index (Phi) is 9.76. The van der Waals surface area contributed by atoms with Crippen LogP contribution < -0.4 is 14.8 Å². The molecule has 1 aliphatic rings. The van der Waals surface area contributed by atoms with E-state index >= 15 is 0 Å². The molecule has 7 heteroatoms. The van der Waals surface area contributed by atoms with E-state index in [0.717, 1.165) is 44.5 Å². The molecule has 1 aliphatic heterocycles. The van der Waals surface area contributed by atoms with Gasteiger partial charge in [0, 0.05) is 24.7 Å². The van der Waals surface area contributed by atoms with E-state index < -0.39 is 0 Å². The maximum absolute atomic E-state index is 13.9. The number of ether oxygens (including phenoxy) is 2. The molecule has 1 unspecified atom stereocenters. The van der Waals surface area contributed by atoms with Crippen LogP contribution in [-0.4, -0.2) is 68.6 Å².